The van der Waals surface area contributed by atoms with Crippen LogP contribution in [-0.4, -0.2) is 32.4 Å². The van der Waals surface area contributed by atoms with E-state index in [4.69, 9.17) is 5.73 Å². The molecule has 4 nitrogen and oxygen atoms in total. The summed E-state index contributed by atoms with van der Waals surface area (Å²) in [6.07, 6.45) is 0.829. The van der Waals surface area contributed by atoms with Crippen LogP contribution in [-0.2, 0) is 10.0 Å². The standard InChI is InChI=1S/C12H18N2O2S.ClH/c1-12(9-13)7-8-14(10-12)17(15,16)11-5-3-2-4-6-11;/h2-6H,7-10,13H2,1H3;1H. The Labute approximate surface area is 115 Å². The van der Waals surface area contributed by atoms with Crippen molar-refractivity contribution in [1.82, 2.24) is 4.31 Å². The van der Waals surface area contributed by atoms with Gasteiger partial charge in [-0.05, 0) is 30.5 Å². The highest BCUT2D eigenvalue weighted by atomic mass is 35.5. The molecule has 0 aromatic heterocycles. The Hall–Kier alpha value is -0.620. The summed E-state index contributed by atoms with van der Waals surface area (Å²) in [5.41, 5.74) is 5.61. The van der Waals surface area contributed by atoms with Gasteiger partial charge in [-0.25, -0.2) is 8.42 Å². The lowest BCUT2D eigenvalue weighted by atomic mass is 9.90. The van der Waals surface area contributed by atoms with Crippen LogP contribution in [0, 0.1) is 5.41 Å². The van der Waals surface area contributed by atoms with Crippen molar-refractivity contribution in [2.24, 2.45) is 11.1 Å². The van der Waals surface area contributed by atoms with Gasteiger partial charge in [0.2, 0.25) is 10.0 Å². The van der Waals surface area contributed by atoms with Crippen molar-refractivity contribution in [1.29, 1.82) is 0 Å². The second-order valence-electron chi connectivity index (χ2n) is 4.92. The summed E-state index contributed by atoms with van der Waals surface area (Å²) in [4.78, 5) is 0.362. The molecule has 1 aliphatic rings. The summed E-state index contributed by atoms with van der Waals surface area (Å²) in [5.74, 6) is 0. The molecule has 1 unspecified atom stereocenters. The van der Waals surface area contributed by atoms with E-state index < -0.39 is 10.0 Å². The Morgan fingerprint density at radius 3 is 2.44 bits per heavy atom. The smallest absolute Gasteiger partial charge is 0.243 e. The summed E-state index contributed by atoms with van der Waals surface area (Å²) in [5, 5.41) is 0. The Morgan fingerprint density at radius 1 is 1.33 bits per heavy atom. The fraction of sp³-hybridized carbons (Fsp3) is 0.500. The van der Waals surface area contributed by atoms with Crippen molar-refractivity contribution >= 4 is 22.4 Å². The lowest BCUT2D eigenvalue weighted by Gasteiger charge is -2.22. The van der Waals surface area contributed by atoms with Gasteiger partial charge in [-0.2, -0.15) is 4.31 Å². The molecular formula is C12H19ClN2O2S. The molecule has 0 saturated carbocycles. The Balaban J connectivity index is 0.00000162. The van der Waals surface area contributed by atoms with Crippen LogP contribution in [0.1, 0.15) is 13.3 Å². The van der Waals surface area contributed by atoms with E-state index in [1.165, 1.54) is 4.31 Å². The molecule has 1 fully saturated rings. The number of hydrogen-bond acceptors (Lipinski definition) is 3. The second-order valence-corrected chi connectivity index (χ2v) is 6.85. The monoisotopic (exact) mass is 290 g/mol. The zero-order valence-corrected chi connectivity index (χ0v) is 12.0. The summed E-state index contributed by atoms with van der Waals surface area (Å²) < 4.78 is 26.2. The molecule has 1 aliphatic heterocycles. The third-order valence-electron chi connectivity index (χ3n) is 3.40. The quantitative estimate of drug-likeness (QED) is 0.917. The van der Waals surface area contributed by atoms with Crippen molar-refractivity contribution in [2.75, 3.05) is 19.6 Å². The van der Waals surface area contributed by atoms with Crippen LogP contribution < -0.4 is 5.73 Å². The van der Waals surface area contributed by atoms with Gasteiger partial charge >= 0.3 is 0 Å². The number of hydrogen-bond donors (Lipinski definition) is 1. The highest BCUT2D eigenvalue weighted by molar-refractivity contribution is 7.89. The number of halogens is 1. The molecule has 0 radical (unpaired) electrons. The zero-order chi connectivity index (χ0) is 12.5. The molecule has 2 N–H and O–H groups in total. The minimum absolute atomic E-state index is 0. The molecule has 1 heterocycles. The molecule has 0 bridgehead atoms. The highest BCUT2D eigenvalue weighted by Gasteiger charge is 2.38. The number of sulfonamides is 1. The van der Waals surface area contributed by atoms with Gasteiger partial charge in [-0.1, -0.05) is 25.1 Å². The summed E-state index contributed by atoms with van der Waals surface area (Å²) in [6.45, 7) is 3.63. The van der Waals surface area contributed by atoms with E-state index in [9.17, 15) is 8.42 Å². The Bertz CT molecular complexity index is 492. The number of nitrogens with zero attached hydrogens (tertiary/aromatic N) is 1. The molecule has 1 aromatic carbocycles. The first-order valence-electron chi connectivity index (χ1n) is 5.73. The van der Waals surface area contributed by atoms with Crippen LogP contribution in [0.5, 0.6) is 0 Å². The van der Waals surface area contributed by atoms with Gasteiger partial charge in [-0.15, -0.1) is 12.4 Å². The fourth-order valence-electron chi connectivity index (χ4n) is 2.09. The van der Waals surface area contributed by atoms with Gasteiger partial charge in [0.05, 0.1) is 4.90 Å². The third kappa shape index (κ3) is 2.85. The second kappa shape index (κ2) is 5.57. The van der Waals surface area contributed by atoms with Crippen molar-refractivity contribution in [2.45, 2.75) is 18.2 Å². The van der Waals surface area contributed by atoms with Crippen LogP contribution in [0.15, 0.2) is 35.2 Å². The van der Waals surface area contributed by atoms with E-state index in [0.29, 0.717) is 24.5 Å². The van der Waals surface area contributed by atoms with Crippen LogP contribution >= 0.6 is 12.4 Å². The molecule has 6 heteroatoms. The maximum Gasteiger partial charge on any atom is 0.243 e. The SMILES string of the molecule is CC1(CN)CCN(S(=O)(=O)c2ccccc2)C1.Cl. The number of rotatable bonds is 3. The summed E-state index contributed by atoms with van der Waals surface area (Å²) in [6, 6.07) is 8.56. The maximum atomic E-state index is 12.3. The van der Waals surface area contributed by atoms with Gasteiger partial charge in [0.15, 0.2) is 0 Å². The van der Waals surface area contributed by atoms with Gasteiger partial charge < -0.3 is 5.73 Å². The van der Waals surface area contributed by atoms with Gasteiger partial charge in [-0.3, -0.25) is 0 Å². The molecule has 0 amide bonds. The molecule has 1 atom stereocenters. The molecular weight excluding hydrogens is 272 g/mol. The minimum atomic E-state index is -3.34. The fourth-order valence-corrected chi connectivity index (χ4v) is 3.70. The molecule has 0 spiro atoms. The normalized spacial score (nSPS) is 24.8. The number of benzene rings is 1. The average molecular weight is 291 g/mol. The van der Waals surface area contributed by atoms with Gasteiger partial charge in [0.1, 0.15) is 0 Å². The van der Waals surface area contributed by atoms with Crippen LogP contribution in [0.3, 0.4) is 0 Å². The van der Waals surface area contributed by atoms with Crippen LogP contribution in [0.25, 0.3) is 0 Å². The molecule has 2 rings (SSSR count). The largest absolute Gasteiger partial charge is 0.330 e. The van der Waals surface area contributed by atoms with E-state index >= 15 is 0 Å². The highest BCUT2D eigenvalue weighted by Crippen LogP contribution is 2.32. The van der Waals surface area contributed by atoms with Crippen molar-refractivity contribution in [3.63, 3.8) is 0 Å². The zero-order valence-electron chi connectivity index (χ0n) is 10.4. The maximum absolute atomic E-state index is 12.3. The van der Waals surface area contributed by atoms with E-state index in [2.05, 4.69) is 0 Å². The van der Waals surface area contributed by atoms with Gasteiger partial charge in [0, 0.05) is 13.1 Å². The Morgan fingerprint density at radius 2 is 1.94 bits per heavy atom. The first-order valence-corrected chi connectivity index (χ1v) is 7.17. The number of nitrogens with two attached hydrogens (primary N) is 1. The predicted octanol–water partition coefficient (Wildman–Crippen LogP) is 1.47. The molecule has 18 heavy (non-hydrogen) atoms. The van der Waals surface area contributed by atoms with Crippen molar-refractivity contribution < 1.29 is 8.42 Å². The van der Waals surface area contributed by atoms with Gasteiger partial charge in [0.25, 0.3) is 0 Å². The van der Waals surface area contributed by atoms with Crippen molar-refractivity contribution in [3.8, 4) is 0 Å². The summed E-state index contributed by atoms with van der Waals surface area (Å²) >= 11 is 0. The minimum Gasteiger partial charge on any atom is -0.330 e. The van der Waals surface area contributed by atoms with Crippen LogP contribution in [0.4, 0.5) is 0 Å². The first-order chi connectivity index (χ1) is 7.98. The topological polar surface area (TPSA) is 63.4 Å². The molecule has 102 valence electrons. The summed E-state index contributed by atoms with van der Waals surface area (Å²) in [7, 11) is -3.34. The molecule has 1 aromatic rings. The predicted molar refractivity (Wildman–Crippen MR) is 74.2 cm³/mol. The van der Waals surface area contributed by atoms with E-state index in [0.717, 1.165) is 6.42 Å². The lowest BCUT2D eigenvalue weighted by Crippen LogP contribution is -2.34. The van der Waals surface area contributed by atoms with Crippen molar-refractivity contribution in [3.05, 3.63) is 30.3 Å². The third-order valence-corrected chi connectivity index (χ3v) is 5.26. The van der Waals surface area contributed by atoms with E-state index in [1.807, 2.05) is 13.0 Å². The van der Waals surface area contributed by atoms with E-state index in [1.54, 1.807) is 24.3 Å². The first kappa shape index (κ1) is 15.4. The Kier molecular flexibility index (Phi) is 4.78. The van der Waals surface area contributed by atoms with Crippen LogP contribution in [0.2, 0.25) is 0 Å². The molecule has 0 aliphatic carbocycles. The lowest BCUT2D eigenvalue weighted by molar-refractivity contribution is 0.349. The molecule has 1 saturated heterocycles. The van der Waals surface area contributed by atoms with E-state index in [-0.39, 0.29) is 17.8 Å². The average Bonchev–Trinajstić information content (AvgIpc) is 2.75.